The molecule has 3 nitrogen and oxygen atoms in total. The fraction of sp³-hybridized carbons (Fsp3) is 0.562. The number of carbonyl (C=O) groups is 1. The van der Waals surface area contributed by atoms with Crippen LogP contribution in [0.5, 0.6) is 0 Å². The summed E-state index contributed by atoms with van der Waals surface area (Å²) in [4.78, 5) is 15.5. The molecule has 0 atom stereocenters. The van der Waals surface area contributed by atoms with Crippen LogP contribution in [-0.4, -0.2) is 18.2 Å². The Kier molecular flexibility index (Phi) is 5.77. The van der Waals surface area contributed by atoms with Crippen molar-refractivity contribution in [1.29, 1.82) is 0 Å². The van der Waals surface area contributed by atoms with E-state index in [0.717, 1.165) is 36.5 Å². The van der Waals surface area contributed by atoms with Gasteiger partial charge < -0.3 is 10.6 Å². The van der Waals surface area contributed by atoms with Gasteiger partial charge in [0.15, 0.2) is 0 Å². The highest BCUT2D eigenvalue weighted by molar-refractivity contribution is 7.99. The molecule has 0 aliphatic carbocycles. The van der Waals surface area contributed by atoms with E-state index >= 15 is 0 Å². The van der Waals surface area contributed by atoms with E-state index in [4.69, 9.17) is 5.73 Å². The van der Waals surface area contributed by atoms with Crippen molar-refractivity contribution >= 4 is 29.0 Å². The average molecular weight is 292 g/mol. The molecule has 110 valence electrons. The maximum atomic E-state index is 12.4. The van der Waals surface area contributed by atoms with Gasteiger partial charge in [0, 0.05) is 29.3 Å². The summed E-state index contributed by atoms with van der Waals surface area (Å²) in [6.45, 7) is 3.01. The van der Waals surface area contributed by atoms with Gasteiger partial charge in [0.1, 0.15) is 0 Å². The number of hydrogen-bond acceptors (Lipinski definition) is 3. The second kappa shape index (κ2) is 7.58. The first-order valence-electron chi connectivity index (χ1n) is 7.55. The molecule has 0 radical (unpaired) electrons. The summed E-state index contributed by atoms with van der Waals surface area (Å²) in [5.41, 5.74) is 7.58. The molecule has 0 unspecified atom stereocenters. The highest BCUT2D eigenvalue weighted by Crippen LogP contribution is 2.36. The van der Waals surface area contributed by atoms with Crippen LogP contribution in [0.25, 0.3) is 0 Å². The number of anilines is 2. The molecule has 0 fully saturated rings. The number of carbonyl (C=O) groups excluding carboxylic acids is 1. The Hall–Kier alpha value is -1.16. The minimum Gasteiger partial charge on any atom is -0.399 e. The highest BCUT2D eigenvalue weighted by atomic mass is 32.2. The maximum Gasteiger partial charge on any atom is 0.227 e. The Morgan fingerprint density at radius 1 is 1.30 bits per heavy atom. The Bertz CT molecular complexity index is 462. The highest BCUT2D eigenvalue weighted by Gasteiger charge is 2.22. The molecule has 1 amide bonds. The van der Waals surface area contributed by atoms with Gasteiger partial charge >= 0.3 is 0 Å². The number of benzene rings is 1. The first kappa shape index (κ1) is 15.2. The number of nitrogens with zero attached hydrogens (tertiary/aromatic N) is 1. The van der Waals surface area contributed by atoms with Crippen molar-refractivity contribution in [3.05, 3.63) is 18.2 Å². The second-order valence-corrected chi connectivity index (χ2v) is 6.42. The molecule has 20 heavy (non-hydrogen) atoms. The van der Waals surface area contributed by atoms with E-state index in [1.54, 1.807) is 11.8 Å². The molecule has 0 saturated carbocycles. The van der Waals surface area contributed by atoms with Gasteiger partial charge in [0.2, 0.25) is 5.91 Å². The number of fused-ring (bicyclic) bond motifs is 1. The van der Waals surface area contributed by atoms with Crippen LogP contribution in [0, 0.1) is 0 Å². The molecule has 1 aliphatic rings. The SMILES string of the molecule is CCCCCCCC(=O)N1CCSc2ccc(N)cc21. The maximum absolute atomic E-state index is 12.4. The standard InChI is InChI=1S/C16H24N2OS/c1-2-3-4-5-6-7-16(19)18-10-11-20-15-9-8-13(17)12-14(15)18/h8-9,12H,2-7,10-11,17H2,1H3. The van der Waals surface area contributed by atoms with Gasteiger partial charge in [0.05, 0.1) is 5.69 Å². The largest absolute Gasteiger partial charge is 0.399 e. The van der Waals surface area contributed by atoms with Crippen LogP contribution < -0.4 is 10.6 Å². The molecule has 0 bridgehead atoms. The first-order chi connectivity index (χ1) is 9.72. The number of rotatable bonds is 6. The normalized spacial score (nSPS) is 14.2. The lowest BCUT2D eigenvalue weighted by Gasteiger charge is -2.29. The third kappa shape index (κ3) is 3.92. The lowest BCUT2D eigenvalue weighted by atomic mass is 10.1. The fourth-order valence-electron chi connectivity index (χ4n) is 2.51. The van der Waals surface area contributed by atoms with Gasteiger partial charge in [-0.2, -0.15) is 0 Å². The topological polar surface area (TPSA) is 46.3 Å². The lowest BCUT2D eigenvalue weighted by molar-refractivity contribution is -0.118. The van der Waals surface area contributed by atoms with Crippen molar-refractivity contribution in [2.45, 2.75) is 50.3 Å². The van der Waals surface area contributed by atoms with E-state index in [2.05, 4.69) is 6.92 Å². The Morgan fingerprint density at radius 2 is 2.10 bits per heavy atom. The number of nitrogens with two attached hydrogens (primary N) is 1. The van der Waals surface area contributed by atoms with Crippen LogP contribution in [0.2, 0.25) is 0 Å². The van der Waals surface area contributed by atoms with Crippen LogP contribution in [0.4, 0.5) is 11.4 Å². The van der Waals surface area contributed by atoms with E-state index in [9.17, 15) is 4.79 Å². The summed E-state index contributed by atoms with van der Waals surface area (Å²) in [6.07, 6.45) is 6.57. The Balaban J connectivity index is 1.93. The molecule has 0 aromatic heterocycles. The van der Waals surface area contributed by atoms with E-state index in [1.807, 2.05) is 23.1 Å². The molecular weight excluding hydrogens is 268 g/mol. The second-order valence-electron chi connectivity index (χ2n) is 5.29. The zero-order valence-corrected chi connectivity index (χ0v) is 13.0. The van der Waals surface area contributed by atoms with Gasteiger partial charge in [-0.05, 0) is 24.6 Å². The zero-order valence-electron chi connectivity index (χ0n) is 12.2. The van der Waals surface area contributed by atoms with Gasteiger partial charge in [-0.25, -0.2) is 0 Å². The first-order valence-corrected chi connectivity index (χ1v) is 8.53. The van der Waals surface area contributed by atoms with Crippen LogP contribution >= 0.6 is 11.8 Å². The van der Waals surface area contributed by atoms with Crippen molar-refractivity contribution in [1.82, 2.24) is 0 Å². The van der Waals surface area contributed by atoms with Crippen LogP contribution in [-0.2, 0) is 4.79 Å². The fourth-order valence-corrected chi connectivity index (χ4v) is 3.48. The van der Waals surface area contributed by atoms with E-state index in [1.165, 1.54) is 24.2 Å². The predicted molar refractivity (Wildman–Crippen MR) is 87.3 cm³/mol. The monoisotopic (exact) mass is 292 g/mol. The zero-order chi connectivity index (χ0) is 14.4. The van der Waals surface area contributed by atoms with Crippen LogP contribution in [0.1, 0.15) is 45.4 Å². The van der Waals surface area contributed by atoms with Crippen molar-refractivity contribution in [2.24, 2.45) is 0 Å². The molecule has 2 N–H and O–H groups in total. The van der Waals surface area contributed by atoms with Crippen molar-refractivity contribution in [3.63, 3.8) is 0 Å². The van der Waals surface area contributed by atoms with Gasteiger partial charge in [-0.3, -0.25) is 4.79 Å². The Morgan fingerprint density at radius 3 is 2.90 bits per heavy atom. The molecule has 1 heterocycles. The molecule has 2 rings (SSSR count). The third-order valence-corrected chi connectivity index (χ3v) is 4.68. The molecule has 1 aromatic carbocycles. The summed E-state index contributed by atoms with van der Waals surface area (Å²) in [7, 11) is 0. The molecule has 0 saturated heterocycles. The number of nitrogen functional groups attached to an aromatic ring is 1. The molecule has 4 heteroatoms. The van der Waals surface area contributed by atoms with Gasteiger partial charge in [-0.15, -0.1) is 11.8 Å². The minimum absolute atomic E-state index is 0.244. The van der Waals surface area contributed by atoms with Crippen molar-refractivity contribution in [2.75, 3.05) is 22.9 Å². The van der Waals surface area contributed by atoms with Gasteiger partial charge in [0.25, 0.3) is 0 Å². The smallest absolute Gasteiger partial charge is 0.227 e. The lowest BCUT2D eigenvalue weighted by Crippen LogP contribution is -2.35. The quantitative estimate of drug-likeness (QED) is 0.635. The molecule has 0 spiro atoms. The summed E-state index contributed by atoms with van der Waals surface area (Å²) >= 11 is 1.80. The summed E-state index contributed by atoms with van der Waals surface area (Å²) < 4.78 is 0. The third-order valence-electron chi connectivity index (χ3n) is 3.64. The number of thioether (sulfide) groups is 1. The Labute approximate surface area is 125 Å². The summed E-state index contributed by atoms with van der Waals surface area (Å²) in [6, 6.07) is 5.86. The minimum atomic E-state index is 0.244. The van der Waals surface area contributed by atoms with E-state index in [-0.39, 0.29) is 5.91 Å². The molecule has 1 aromatic rings. The van der Waals surface area contributed by atoms with E-state index in [0.29, 0.717) is 6.42 Å². The van der Waals surface area contributed by atoms with Crippen LogP contribution in [0.15, 0.2) is 23.1 Å². The van der Waals surface area contributed by atoms with Gasteiger partial charge in [-0.1, -0.05) is 32.6 Å². The summed E-state index contributed by atoms with van der Waals surface area (Å²) in [5, 5.41) is 0. The summed E-state index contributed by atoms with van der Waals surface area (Å²) in [5.74, 6) is 1.21. The number of hydrogen-bond donors (Lipinski definition) is 1. The number of amides is 1. The molecular formula is C16H24N2OS. The van der Waals surface area contributed by atoms with Crippen molar-refractivity contribution < 1.29 is 4.79 Å². The number of unbranched alkanes of at least 4 members (excludes halogenated alkanes) is 4. The van der Waals surface area contributed by atoms with Crippen LogP contribution in [0.3, 0.4) is 0 Å². The predicted octanol–water partition coefficient (Wildman–Crippen LogP) is 4.07. The van der Waals surface area contributed by atoms with Crippen molar-refractivity contribution in [3.8, 4) is 0 Å². The van der Waals surface area contributed by atoms with E-state index < -0.39 is 0 Å². The average Bonchev–Trinajstić information content (AvgIpc) is 2.46. The molecule has 1 aliphatic heterocycles.